The van der Waals surface area contributed by atoms with Gasteiger partial charge in [-0.3, -0.25) is 19.3 Å². The fourth-order valence-corrected chi connectivity index (χ4v) is 4.54. The minimum atomic E-state index is -4.56. The van der Waals surface area contributed by atoms with Crippen LogP contribution in [-0.4, -0.2) is 68.2 Å². The maximum absolute atomic E-state index is 12.8. The molecule has 2 aliphatic heterocycles. The summed E-state index contributed by atoms with van der Waals surface area (Å²) in [7, 11) is 1.59. The first-order valence-corrected chi connectivity index (χ1v) is 11.8. The van der Waals surface area contributed by atoms with Crippen LogP contribution in [0.2, 0.25) is 0 Å². The number of halogens is 3. The zero-order chi connectivity index (χ0) is 26.6. The van der Waals surface area contributed by atoms with E-state index >= 15 is 0 Å². The lowest BCUT2D eigenvalue weighted by Crippen LogP contribution is -2.36. The zero-order valence-corrected chi connectivity index (χ0v) is 20.2. The highest BCUT2D eigenvalue weighted by atomic mass is 19.4. The number of carbonyl (C=O) groups excluding carboxylic acids is 3. The molecule has 4 rings (SSSR count). The van der Waals surface area contributed by atoms with E-state index in [1.807, 2.05) is 24.3 Å². The van der Waals surface area contributed by atoms with Crippen molar-refractivity contribution in [1.82, 2.24) is 10.2 Å². The van der Waals surface area contributed by atoms with E-state index in [1.165, 1.54) is 6.07 Å². The third-order valence-electron chi connectivity index (χ3n) is 6.54. The molecular formula is C26H27F3N4O4. The van der Waals surface area contributed by atoms with E-state index in [0.29, 0.717) is 19.5 Å². The number of nitrogens with one attached hydrogen (secondary N) is 1. The molecule has 0 spiro atoms. The van der Waals surface area contributed by atoms with Gasteiger partial charge in [-0.1, -0.05) is 6.07 Å². The monoisotopic (exact) mass is 516 g/mol. The molecule has 11 heteroatoms. The molecule has 2 aromatic rings. The van der Waals surface area contributed by atoms with Crippen LogP contribution in [0.5, 0.6) is 5.75 Å². The molecule has 3 amide bonds. The van der Waals surface area contributed by atoms with Crippen molar-refractivity contribution in [3.63, 3.8) is 0 Å². The van der Waals surface area contributed by atoms with E-state index in [1.54, 1.807) is 18.2 Å². The largest absolute Gasteiger partial charge is 0.497 e. The Morgan fingerprint density at radius 3 is 2.62 bits per heavy atom. The predicted molar refractivity (Wildman–Crippen MR) is 131 cm³/mol. The predicted octanol–water partition coefficient (Wildman–Crippen LogP) is 3.17. The van der Waals surface area contributed by atoms with Crippen LogP contribution in [0.25, 0.3) is 0 Å². The molecule has 0 saturated carbocycles. The van der Waals surface area contributed by atoms with Gasteiger partial charge in [-0.15, -0.1) is 0 Å². The van der Waals surface area contributed by atoms with Crippen LogP contribution in [-0.2, 0) is 15.8 Å². The molecule has 1 N–H and O–H groups in total. The van der Waals surface area contributed by atoms with Gasteiger partial charge in [0.1, 0.15) is 5.75 Å². The van der Waals surface area contributed by atoms with E-state index in [4.69, 9.17) is 4.74 Å². The first-order chi connectivity index (χ1) is 17.6. The second kappa shape index (κ2) is 11.1. The van der Waals surface area contributed by atoms with Gasteiger partial charge in [0.15, 0.2) is 0 Å². The normalized spacial score (nSPS) is 20.5. The van der Waals surface area contributed by atoms with Gasteiger partial charge >= 0.3 is 6.18 Å². The maximum atomic E-state index is 12.8. The number of nitrogens with zero attached hydrogens (tertiary/aromatic N) is 3. The summed E-state index contributed by atoms with van der Waals surface area (Å²) in [6, 6.07) is 11.4. The molecule has 2 atom stereocenters. The van der Waals surface area contributed by atoms with Crippen LogP contribution in [0.15, 0.2) is 53.5 Å². The summed E-state index contributed by atoms with van der Waals surface area (Å²) >= 11 is 0. The van der Waals surface area contributed by atoms with Gasteiger partial charge in [0.05, 0.1) is 19.2 Å². The highest BCUT2D eigenvalue weighted by molar-refractivity contribution is 5.98. The number of hydrogen-bond acceptors (Lipinski definition) is 5. The number of methoxy groups -OCH3 is 1. The summed E-state index contributed by atoms with van der Waals surface area (Å²) in [4.78, 5) is 44.8. The molecule has 2 heterocycles. The number of ether oxygens (including phenoxy) is 1. The van der Waals surface area contributed by atoms with Crippen molar-refractivity contribution < 1.29 is 32.3 Å². The molecule has 0 bridgehead atoms. The second-order valence-corrected chi connectivity index (χ2v) is 9.04. The lowest BCUT2D eigenvalue weighted by atomic mass is 10.1. The number of benzene rings is 2. The first kappa shape index (κ1) is 26.3. The summed E-state index contributed by atoms with van der Waals surface area (Å²) in [6.07, 6.45) is -1.82. The van der Waals surface area contributed by atoms with Crippen LogP contribution < -0.4 is 15.0 Å². The Kier molecular flexibility index (Phi) is 7.91. The minimum Gasteiger partial charge on any atom is -0.497 e. The Bertz CT molecular complexity index is 1180. The van der Waals surface area contributed by atoms with Gasteiger partial charge in [0, 0.05) is 48.9 Å². The summed E-state index contributed by atoms with van der Waals surface area (Å²) < 4.78 is 43.7. The smallest absolute Gasteiger partial charge is 0.416 e. The van der Waals surface area contributed by atoms with Gasteiger partial charge in [-0.25, -0.2) is 4.99 Å². The maximum Gasteiger partial charge on any atom is 0.416 e. The Morgan fingerprint density at radius 1 is 1.16 bits per heavy atom. The molecule has 0 aromatic heterocycles. The number of hydrogen-bond donors (Lipinski definition) is 1. The summed E-state index contributed by atoms with van der Waals surface area (Å²) in [5.41, 5.74) is -0.303. The van der Waals surface area contributed by atoms with E-state index < -0.39 is 30.1 Å². The van der Waals surface area contributed by atoms with Crippen LogP contribution >= 0.6 is 0 Å². The number of aliphatic imine (C=N–C) groups is 1. The van der Waals surface area contributed by atoms with Gasteiger partial charge in [0.2, 0.25) is 5.91 Å². The van der Waals surface area contributed by atoms with Crippen LogP contribution in [0.1, 0.15) is 28.8 Å². The summed E-state index contributed by atoms with van der Waals surface area (Å²) in [5.74, 6) is -0.583. The first-order valence-electron chi connectivity index (χ1n) is 11.8. The number of anilines is 1. The fourth-order valence-electron chi connectivity index (χ4n) is 4.54. The molecule has 0 aliphatic carbocycles. The van der Waals surface area contributed by atoms with E-state index in [9.17, 15) is 27.6 Å². The Hall–Kier alpha value is -3.73. The van der Waals surface area contributed by atoms with Crippen LogP contribution in [0, 0.1) is 5.92 Å². The number of alkyl halides is 3. The number of carbonyl (C=O) groups is 3. The average molecular weight is 517 g/mol. The van der Waals surface area contributed by atoms with Crippen molar-refractivity contribution in [2.45, 2.75) is 25.1 Å². The molecule has 8 nitrogen and oxygen atoms in total. The van der Waals surface area contributed by atoms with Gasteiger partial charge in [0.25, 0.3) is 11.8 Å². The molecule has 2 aromatic carbocycles. The molecule has 2 aliphatic rings. The van der Waals surface area contributed by atoms with Crippen molar-refractivity contribution in [3.8, 4) is 5.75 Å². The third kappa shape index (κ3) is 6.53. The average Bonchev–Trinajstić information content (AvgIpc) is 3.52. The van der Waals surface area contributed by atoms with E-state index in [-0.39, 0.29) is 23.4 Å². The molecule has 2 unspecified atom stereocenters. The Balaban J connectivity index is 1.24. The number of amides is 3. The van der Waals surface area contributed by atoms with E-state index in [2.05, 4.69) is 15.2 Å². The minimum absolute atomic E-state index is 0.0215. The van der Waals surface area contributed by atoms with Crippen LogP contribution in [0.3, 0.4) is 0 Å². The van der Waals surface area contributed by atoms with Crippen molar-refractivity contribution in [1.29, 1.82) is 0 Å². The van der Waals surface area contributed by atoms with Crippen LogP contribution in [0.4, 0.5) is 18.9 Å². The van der Waals surface area contributed by atoms with Crippen molar-refractivity contribution >= 4 is 29.6 Å². The van der Waals surface area contributed by atoms with Gasteiger partial charge < -0.3 is 15.0 Å². The molecule has 2 saturated heterocycles. The Morgan fingerprint density at radius 2 is 1.92 bits per heavy atom. The fraction of sp³-hybridized carbons (Fsp3) is 0.385. The third-order valence-corrected chi connectivity index (χ3v) is 6.54. The number of likely N-dealkylation sites (tertiary alicyclic amines) is 1. The summed E-state index contributed by atoms with van der Waals surface area (Å²) in [6.45, 7) is 1.58. The van der Waals surface area contributed by atoms with E-state index in [0.717, 1.165) is 42.6 Å². The quantitative estimate of drug-likeness (QED) is 0.571. The number of rotatable bonds is 7. The second-order valence-electron chi connectivity index (χ2n) is 9.04. The lowest BCUT2D eigenvalue weighted by Gasteiger charge is -2.23. The summed E-state index contributed by atoms with van der Waals surface area (Å²) in [5, 5.41) is 2.31. The highest BCUT2D eigenvalue weighted by Gasteiger charge is 2.37. The molecule has 196 valence electrons. The van der Waals surface area contributed by atoms with Crippen molar-refractivity contribution in [2.75, 3.05) is 38.2 Å². The SMILES string of the molecule is COc1ccc(N2CC(N3CCC(C=NC(=O)CNC(=O)c4cccc(C(F)(F)F)c4)C3)CC2=O)cc1. The zero-order valence-electron chi connectivity index (χ0n) is 20.2. The topological polar surface area (TPSA) is 91.3 Å². The highest BCUT2D eigenvalue weighted by Crippen LogP contribution is 2.30. The standard InChI is InChI=1S/C26H27F3N4O4/c1-37-22-7-5-20(6-8-22)33-16-21(12-24(33)35)32-10-9-17(15-32)13-30-23(34)14-31-25(36)18-3-2-4-19(11-18)26(27,28)29/h2-8,11,13,17,21H,9-10,12,14-16H2,1H3,(H,31,36). The molecule has 37 heavy (non-hydrogen) atoms. The molecular weight excluding hydrogens is 489 g/mol. The van der Waals surface area contributed by atoms with Gasteiger partial charge in [-0.05, 0) is 55.4 Å². The molecule has 0 radical (unpaired) electrons. The van der Waals surface area contributed by atoms with Gasteiger partial charge in [-0.2, -0.15) is 13.2 Å². The van der Waals surface area contributed by atoms with Crippen molar-refractivity contribution in [2.24, 2.45) is 10.9 Å². The molecule has 2 fully saturated rings. The Labute approximate surface area is 212 Å². The lowest BCUT2D eigenvalue weighted by molar-refractivity contribution is -0.137. The van der Waals surface area contributed by atoms with Crippen molar-refractivity contribution in [3.05, 3.63) is 59.7 Å².